The van der Waals surface area contributed by atoms with E-state index in [1.165, 1.54) is 42.5 Å². The molecule has 0 radical (unpaired) electrons. The molecule has 1 unspecified atom stereocenters. The Labute approximate surface area is 109 Å². The van der Waals surface area contributed by atoms with Crippen LogP contribution >= 0.6 is 11.3 Å². The first-order valence-corrected chi connectivity index (χ1v) is 7.64. The molecule has 1 aromatic heterocycles. The molecule has 0 amide bonds. The van der Waals surface area contributed by atoms with Gasteiger partial charge in [0.2, 0.25) is 0 Å². The summed E-state index contributed by atoms with van der Waals surface area (Å²) in [6, 6.07) is 2.77. The van der Waals surface area contributed by atoms with Gasteiger partial charge < -0.3 is 5.32 Å². The van der Waals surface area contributed by atoms with Gasteiger partial charge in [0, 0.05) is 10.9 Å². The van der Waals surface area contributed by atoms with E-state index in [0.717, 1.165) is 6.54 Å². The highest BCUT2D eigenvalue weighted by Crippen LogP contribution is 2.31. The maximum Gasteiger partial charge on any atom is 0.0454 e. The first-order valence-electron chi connectivity index (χ1n) is 6.76. The van der Waals surface area contributed by atoms with E-state index in [1.807, 2.05) is 11.3 Å². The molecule has 1 aliphatic carbocycles. The highest BCUT2D eigenvalue weighted by atomic mass is 32.1. The quantitative estimate of drug-likeness (QED) is 0.752. The van der Waals surface area contributed by atoms with E-state index in [2.05, 4.69) is 36.7 Å². The van der Waals surface area contributed by atoms with E-state index in [9.17, 15) is 0 Å². The Bertz CT molecular complexity index is 378. The first-order chi connectivity index (χ1) is 8.31. The molecule has 1 nitrogen and oxygen atoms in total. The fourth-order valence-corrected chi connectivity index (χ4v) is 3.60. The highest BCUT2D eigenvalue weighted by molar-refractivity contribution is 7.10. The topological polar surface area (TPSA) is 12.0 Å². The predicted molar refractivity (Wildman–Crippen MR) is 76.6 cm³/mol. The van der Waals surface area contributed by atoms with E-state index < -0.39 is 0 Å². The van der Waals surface area contributed by atoms with E-state index in [1.54, 1.807) is 5.57 Å². The first kappa shape index (κ1) is 12.8. The summed E-state index contributed by atoms with van der Waals surface area (Å²) in [5.41, 5.74) is 3.10. The van der Waals surface area contributed by atoms with Crippen molar-refractivity contribution in [3.8, 4) is 0 Å². The average Bonchev–Trinajstić information content (AvgIpc) is 2.76. The van der Waals surface area contributed by atoms with E-state index in [4.69, 9.17) is 0 Å². The number of allylic oxidation sites excluding steroid dienone is 1. The molecule has 17 heavy (non-hydrogen) atoms. The molecule has 1 N–H and O–H groups in total. The number of aryl methyl sites for hydroxylation is 1. The van der Waals surface area contributed by atoms with Crippen molar-refractivity contribution in [1.29, 1.82) is 0 Å². The largest absolute Gasteiger partial charge is 0.309 e. The lowest BCUT2D eigenvalue weighted by Gasteiger charge is -2.21. The molecular formula is C15H23NS. The Morgan fingerprint density at radius 3 is 2.88 bits per heavy atom. The molecule has 1 aliphatic rings. The Balaban J connectivity index is 2.07. The highest BCUT2D eigenvalue weighted by Gasteiger charge is 2.16. The molecule has 0 aliphatic heterocycles. The third kappa shape index (κ3) is 3.43. The summed E-state index contributed by atoms with van der Waals surface area (Å²) < 4.78 is 0. The predicted octanol–water partition coefficient (Wildman–Crippen LogP) is 4.60. The second-order valence-electron chi connectivity index (χ2n) is 4.89. The van der Waals surface area contributed by atoms with E-state index >= 15 is 0 Å². The summed E-state index contributed by atoms with van der Waals surface area (Å²) in [5.74, 6) is 0. The average molecular weight is 249 g/mol. The lowest BCUT2D eigenvalue weighted by molar-refractivity contribution is 0.533. The molecular weight excluding hydrogens is 226 g/mol. The van der Waals surface area contributed by atoms with Gasteiger partial charge in [0.1, 0.15) is 0 Å². The summed E-state index contributed by atoms with van der Waals surface area (Å²) in [7, 11) is 0. The Hall–Kier alpha value is -0.600. The van der Waals surface area contributed by atoms with Crippen molar-refractivity contribution in [2.45, 2.75) is 52.0 Å². The van der Waals surface area contributed by atoms with Crippen LogP contribution in [0, 0.1) is 6.92 Å². The SMILES string of the molecule is CCNC(CC1=CCCCC1)c1sccc1C. The maximum atomic E-state index is 3.64. The van der Waals surface area contributed by atoms with Gasteiger partial charge in [-0.05, 0) is 62.6 Å². The molecule has 0 saturated heterocycles. The number of hydrogen-bond acceptors (Lipinski definition) is 2. The van der Waals surface area contributed by atoms with E-state index in [0.29, 0.717) is 6.04 Å². The molecule has 1 atom stereocenters. The van der Waals surface area contributed by atoms with E-state index in [-0.39, 0.29) is 0 Å². The lowest BCUT2D eigenvalue weighted by atomic mass is 9.93. The standard InChI is InChI=1S/C15H23NS/c1-3-16-14(15-12(2)9-10-17-15)11-13-7-5-4-6-8-13/h7,9-10,14,16H,3-6,8,11H2,1-2H3. The van der Waals surface area contributed by atoms with Crippen molar-refractivity contribution in [2.24, 2.45) is 0 Å². The van der Waals surface area contributed by atoms with Crippen molar-refractivity contribution in [3.05, 3.63) is 33.5 Å². The molecule has 94 valence electrons. The Morgan fingerprint density at radius 2 is 2.29 bits per heavy atom. The molecule has 0 aromatic carbocycles. The molecule has 1 heterocycles. The van der Waals surface area contributed by atoms with Gasteiger partial charge in [-0.3, -0.25) is 0 Å². The molecule has 0 fully saturated rings. The van der Waals surface area contributed by atoms with Crippen molar-refractivity contribution >= 4 is 11.3 Å². The van der Waals surface area contributed by atoms with Gasteiger partial charge in [-0.15, -0.1) is 11.3 Å². The second-order valence-corrected chi connectivity index (χ2v) is 5.84. The summed E-state index contributed by atoms with van der Waals surface area (Å²) in [4.78, 5) is 1.53. The Morgan fingerprint density at radius 1 is 1.41 bits per heavy atom. The number of thiophene rings is 1. The van der Waals surface area contributed by atoms with Crippen LogP contribution in [0.3, 0.4) is 0 Å². The van der Waals surface area contributed by atoms with Gasteiger partial charge in [0.15, 0.2) is 0 Å². The minimum absolute atomic E-state index is 0.532. The van der Waals surface area contributed by atoms with Gasteiger partial charge in [-0.25, -0.2) is 0 Å². The monoisotopic (exact) mass is 249 g/mol. The van der Waals surface area contributed by atoms with Crippen LogP contribution in [0.1, 0.15) is 55.5 Å². The summed E-state index contributed by atoms with van der Waals surface area (Å²) >= 11 is 1.90. The van der Waals surface area contributed by atoms with Crippen molar-refractivity contribution in [3.63, 3.8) is 0 Å². The van der Waals surface area contributed by atoms with Crippen LogP contribution in [0.5, 0.6) is 0 Å². The fourth-order valence-electron chi connectivity index (χ4n) is 2.60. The molecule has 1 aromatic rings. The number of hydrogen-bond donors (Lipinski definition) is 1. The van der Waals surface area contributed by atoms with Crippen LogP contribution in [-0.4, -0.2) is 6.54 Å². The van der Waals surface area contributed by atoms with Crippen molar-refractivity contribution < 1.29 is 0 Å². The lowest BCUT2D eigenvalue weighted by Crippen LogP contribution is -2.21. The van der Waals surface area contributed by atoms with Gasteiger partial charge in [-0.2, -0.15) is 0 Å². The van der Waals surface area contributed by atoms with Gasteiger partial charge >= 0.3 is 0 Å². The zero-order chi connectivity index (χ0) is 12.1. The molecule has 0 saturated carbocycles. The van der Waals surface area contributed by atoms with Crippen LogP contribution in [0.2, 0.25) is 0 Å². The van der Waals surface area contributed by atoms with Crippen LogP contribution in [0.25, 0.3) is 0 Å². The van der Waals surface area contributed by atoms with Crippen LogP contribution in [0.4, 0.5) is 0 Å². The molecule has 2 rings (SSSR count). The maximum absolute atomic E-state index is 3.64. The molecule has 0 spiro atoms. The van der Waals surface area contributed by atoms with Crippen LogP contribution < -0.4 is 5.32 Å². The third-order valence-electron chi connectivity index (χ3n) is 3.52. The summed E-state index contributed by atoms with van der Waals surface area (Å²) in [6.45, 7) is 5.48. The van der Waals surface area contributed by atoms with Crippen molar-refractivity contribution in [2.75, 3.05) is 6.54 Å². The third-order valence-corrected chi connectivity index (χ3v) is 4.65. The van der Waals surface area contributed by atoms with Crippen LogP contribution in [-0.2, 0) is 0 Å². The summed E-state index contributed by atoms with van der Waals surface area (Å²) in [5, 5.41) is 5.86. The number of rotatable bonds is 5. The van der Waals surface area contributed by atoms with Gasteiger partial charge in [0.25, 0.3) is 0 Å². The Kier molecular flexibility index (Phi) is 4.81. The van der Waals surface area contributed by atoms with Crippen molar-refractivity contribution in [1.82, 2.24) is 5.32 Å². The minimum atomic E-state index is 0.532. The normalized spacial score (nSPS) is 17.9. The molecule has 2 heteroatoms. The summed E-state index contributed by atoms with van der Waals surface area (Å²) in [6.07, 6.45) is 9.04. The minimum Gasteiger partial charge on any atom is -0.309 e. The zero-order valence-corrected chi connectivity index (χ0v) is 11.8. The fraction of sp³-hybridized carbons (Fsp3) is 0.600. The second kappa shape index (κ2) is 6.36. The smallest absolute Gasteiger partial charge is 0.0454 e. The van der Waals surface area contributed by atoms with Crippen LogP contribution in [0.15, 0.2) is 23.1 Å². The molecule has 0 bridgehead atoms. The zero-order valence-electron chi connectivity index (χ0n) is 11.0. The number of nitrogens with one attached hydrogen (secondary N) is 1. The van der Waals surface area contributed by atoms with Gasteiger partial charge in [0.05, 0.1) is 0 Å². The van der Waals surface area contributed by atoms with Gasteiger partial charge in [-0.1, -0.05) is 18.6 Å².